The molecular weight excluding hydrogens is 432 g/mol. The lowest BCUT2D eigenvalue weighted by molar-refractivity contribution is -0.384. The molecule has 9 heteroatoms. The fourth-order valence-corrected chi connectivity index (χ4v) is 4.10. The molecule has 1 fully saturated rings. The molecule has 0 saturated carbocycles. The number of nitro groups is 1. The van der Waals surface area contributed by atoms with Gasteiger partial charge >= 0.3 is 0 Å². The maximum absolute atomic E-state index is 12.6. The van der Waals surface area contributed by atoms with E-state index in [1.54, 1.807) is 12.1 Å². The number of benzene rings is 2. The second-order valence-electron chi connectivity index (χ2n) is 7.75. The van der Waals surface area contributed by atoms with Gasteiger partial charge in [-0.25, -0.2) is 0 Å². The highest BCUT2D eigenvalue weighted by molar-refractivity contribution is 6.34. The highest BCUT2D eigenvalue weighted by Gasteiger charge is 2.25. The summed E-state index contributed by atoms with van der Waals surface area (Å²) in [5.74, 6) is -0.0857. The number of anilines is 2. The van der Waals surface area contributed by atoms with Crippen molar-refractivity contribution in [1.82, 2.24) is 4.90 Å². The van der Waals surface area contributed by atoms with E-state index in [2.05, 4.69) is 24.1 Å². The van der Waals surface area contributed by atoms with Crippen molar-refractivity contribution < 1.29 is 14.5 Å². The Bertz CT molecular complexity index is 984. The van der Waals surface area contributed by atoms with Crippen LogP contribution in [0.1, 0.15) is 37.0 Å². The Labute approximate surface area is 192 Å². The van der Waals surface area contributed by atoms with Crippen LogP contribution >= 0.6 is 11.6 Å². The number of nitrogens with zero attached hydrogens (tertiary/aromatic N) is 3. The third kappa shape index (κ3) is 5.37. The molecule has 1 aliphatic heterocycles. The van der Waals surface area contributed by atoms with Crippen molar-refractivity contribution >= 4 is 40.5 Å². The van der Waals surface area contributed by atoms with Crippen LogP contribution in [0.25, 0.3) is 0 Å². The Balaban J connectivity index is 1.58. The maximum atomic E-state index is 12.6. The lowest BCUT2D eigenvalue weighted by Crippen LogP contribution is -2.50. The van der Waals surface area contributed by atoms with Crippen molar-refractivity contribution in [1.29, 1.82) is 0 Å². The number of hydrogen-bond donors (Lipinski definition) is 1. The number of piperazine rings is 1. The van der Waals surface area contributed by atoms with Gasteiger partial charge in [-0.2, -0.15) is 0 Å². The highest BCUT2D eigenvalue weighted by Crippen LogP contribution is 2.25. The number of nitrogens with one attached hydrogen (secondary N) is 1. The topological polar surface area (TPSA) is 95.8 Å². The van der Waals surface area contributed by atoms with Gasteiger partial charge in [-0.15, -0.1) is 0 Å². The summed E-state index contributed by atoms with van der Waals surface area (Å²) in [6.07, 6.45) is 1.74. The van der Waals surface area contributed by atoms with Crippen LogP contribution in [0.5, 0.6) is 0 Å². The fourth-order valence-electron chi connectivity index (χ4n) is 3.84. The summed E-state index contributed by atoms with van der Waals surface area (Å²) in [5, 5.41) is 13.6. The smallest absolute Gasteiger partial charge is 0.270 e. The molecule has 0 radical (unpaired) electrons. The number of carbonyl (C=O) groups is 2. The molecule has 8 nitrogen and oxygen atoms in total. The lowest BCUT2D eigenvalue weighted by Gasteiger charge is -2.37. The molecule has 1 N–H and O–H groups in total. The van der Waals surface area contributed by atoms with E-state index in [1.165, 1.54) is 12.1 Å². The molecule has 0 spiro atoms. The van der Waals surface area contributed by atoms with Crippen LogP contribution in [0.4, 0.5) is 17.1 Å². The Hall–Kier alpha value is -3.13. The Morgan fingerprint density at radius 3 is 2.22 bits per heavy atom. The van der Waals surface area contributed by atoms with Crippen LogP contribution in [0.2, 0.25) is 5.02 Å². The molecule has 2 aromatic carbocycles. The number of rotatable bonds is 7. The van der Waals surface area contributed by atoms with E-state index in [0.29, 0.717) is 18.8 Å². The number of hydrogen-bond acceptors (Lipinski definition) is 5. The molecule has 3 rings (SSSR count). The summed E-state index contributed by atoms with van der Waals surface area (Å²) < 4.78 is 0. The number of amides is 2. The molecule has 170 valence electrons. The van der Waals surface area contributed by atoms with Crippen LogP contribution in [0.15, 0.2) is 42.5 Å². The minimum Gasteiger partial charge on any atom is -0.368 e. The first kappa shape index (κ1) is 23.5. The Morgan fingerprint density at radius 2 is 1.69 bits per heavy atom. The predicted molar refractivity (Wildman–Crippen MR) is 125 cm³/mol. The zero-order valence-corrected chi connectivity index (χ0v) is 19.0. The normalized spacial score (nSPS) is 13.9. The number of carbonyl (C=O) groups excluding carboxylic acids is 2. The minimum absolute atomic E-state index is 0.0223. The summed E-state index contributed by atoms with van der Waals surface area (Å²) in [6.45, 7) is 7.03. The van der Waals surface area contributed by atoms with Crippen molar-refractivity contribution in [2.45, 2.75) is 26.7 Å². The maximum Gasteiger partial charge on any atom is 0.270 e. The van der Waals surface area contributed by atoms with Gasteiger partial charge in [0.2, 0.25) is 5.91 Å². The van der Waals surface area contributed by atoms with Crippen molar-refractivity contribution in [3.63, 3.8) is 0 Å². The van der Waals surface area contributed by atoms with E-state index in [9.17, 15) is 19.7 Å². The quantitative estimate of drug-likeness (QED) is 0.483. The molecule has 0 aromatic heterocycles. The predicted octanol–water partition coefficient (Wildman–Crippen LogP) is 4.59. The van der Waals surface area contributed by atoms with E-state index in [4.69, 9.17) is 11.6 Å². The molecule has 2 aromatic rings. The standard InChI is InChI=1S/C23H27ClN4O4/c1-3-16(4-2)23(30)27-13-11-26(12-14-27)18-7-5-17(6-8-18)25-22(29)20-10-9-19(28(31)32)15-21(20)24/h5-10,15-16H,3-4,11-14H2,1-2H3,(H,25,29). The third-order valence-electron chi connectivity index (χ3n) is 5.82. The van der Waals surface area contributed by atoms with Crippen LogP contribution in [0.3, 0.4) is 0 Å². The molecule has 1 heterocycles. The minimum atomic E-state index is -0.562. The van der Waals surface area contributed by atoms with Gasteiger partial charge in [0, 0.05) is 55.6 Å². The van der Waals surface area contributed by atoms with E-state index >= 15 is 0 Å². The van der Waals surface area contributed by atoms with Gasteiger partial charge in [-0.05, 0) is 43.2 Å². The van der Waals surface area contributed by atoms with Crippen LogP contribution < -0.4 is 10.2 Å². The van der Waals surface area contributed by atoms with Crippen LogP contribution in [-0.2, 0) is 4.79 Å². The van der Waals surface area contributed by atoms with Gasteiger partial charge < -0.3 is 15.1 Å². The Morgan fingerprint density at radius 1 is 1.06 bits per heavy atom. The molecule has 1 saturated heterocycles. The van der Waals surface area contributed by atoms with Crippen molar-refractivity contribution in [2.24, 2.45) is 5.92 Å². The number of halogens is 1. The zero-order valence-electron chi connectivity index (χ0n) is 18.2. The largest absolute Gasteiger partial charge is 0.368 e. The van der Waals surface area contributed by atoms with Gasteiger partial charge in [0.25, 0.3) is 11.6 Å². The summed E-state index contributed by atoms with van der Waals surface area (Å²) >= 11 is 6.03. The molecule has 0 bridgehead atoms. The van der Waals surface area contributed by atoms with Crippen molar-refractivity contribution in [3.05, 3.63) is 63.2 Å². The summed E-state index contributed by atoms with van der Waals surface area (Å²) in [4.78, 5) is 39.5. The monoisotopic (exact) mass is 458 g/mol. The molecule has 1 aliphatic rings. The second-order valence-corrected chi connectivity index (χ2v) is 8.16. The van der Waals surface area contributed by atoms with E-state index in [1.807, 2.05) is 17.0 Å². The summed E-state index contributed by atoms with van der Waals surface area (Å²) in [6, 6.07) is 11.2. The van der Waals surface area contributed by atoms with Gasteiger partial charge in [-0.1, -0.05) is 25.4 Å². The third-order valence-corrected chi connectivity index (χ3v) is 6.14. The first-order chi connectivity index (χ1) is 15.3. The SMILES string of the molecule is CCC(CC)C(=O)N1CCN(c2ccc(NC(=O)c3ccc([N+](=O)[O-])cc3Cl)cc2)CC1. The lowest BCUT2D eigenvalue weighted by atomic mass is 10.0. The average Bonchev–Trinajstić information content (AvgIpc) is 2.80. The Kier molecular flexibility index (Phi) is 7.69. The van der Waals surface area contributed by atoms with E-state index < -0.39 is 10.8 Å². The van der Waals surface area contributed by atoms with E-state index in [-0.39, 0.29) is 28.1 Å². The second kappa shape index (κ2) is 10.5. The van der Waals surface area contributed by atoms with Gasteiger partial charge in [-0.3, -0.25) is 19.7 Å². The number of non-ortho nitro benzene ring substituents is 1. The van der Waals surface area contributed by atoms with E-state index in [0.717, 1.165) is 37.7 Å². The zero-order chi connectivity index (χ0) is 23.3. The first-order valence-electron chi connectivity index (χ1n) is 10.7. The molecule has 2 amide bonds. The fraction of sp³-hybridized carbons (Fsp3) is 0.391. The molecule has 0 atom stereocenters. The van der Waals surface area contributed by atoms with Gasteiger partial charge in [0.05, 0.1) is 15.5 Å². The summed E-state index contributed by atoms with van der Waals surface area (Å²) in [7, 11) is 0. The highest BCUT2D eigenvalue weighted by atomic mass is 35.5. The first-order valence-corrected chi connectivity index (χ1v) is 11.1. The average molecular weight is 459 g/mol. The number of nitro benzene ring substituents is 1. The summed E-state index contributed by atoms with van der Waals surface area (Å²) in [5.41, 5.74) is 1.61. The molecular formula is C23H27ClN4O4. The molecule has 32 heavy (non-hydrogen) atoms. The van der Waals surface area contributed by atoms with Crippen molar-refractivity contribution in [3.8, 4) is 0 Å². The van der Waals surface area contributed by atoms with Crippen molar-refractivity contribution in [2.75, 3.05) is 36.4 Å². The van der Waals surface area contributed by atoms with Crippen LogP contribution in [-0.4, -0.2) is 47.8 Å². The molecule has 0 unspecified atom stereocenters. The van der Waals surface area contributed by atoms with Gasteiger partial charge in [0.1, 0.15) is 0 Å². The van der Waals surface area contributed by atoms with Crippen LogP contribution in [0, 0.1) is 16.0 Å². The molecule has 0 aliphatic carbocycles. The van der Waals surface area contributed by atoms with Gasteiger partial charge in [0.15, 0.2) is 0 Å².